The van der Waals surface area contributed by atoms with Gasteiger partial charge in [-0.15, -0.1) is 0 Å². The third kappa shape index (κ3) is 6.25. The van der Waals surface area contributed by atoms with Crippen molar-refractivity contribution in [2.45, 2.75) is 19.5 Å². The molecule has 0 atom stereocenters. The van der Waals surface area contributed by atoms with Gasteiger partial charge in [-0.05, 0) is 36.3 Å². The van der Waals surface area contributed by atoms with Crippen molar-refractivity contribution in [3.63, 3.8) is 0 Å². The van der Waals surface area contributed by atoms with E-state index in [0.29, 0.717) is 24.8 Å². The van der Waals surface area contributed by atoms with Gasteiger partial charge in [0.15, 0.2) is 5.11 Å². The lowest BCUT2D eigenvalue weighted by Gasteiger charge is -2.26. The summed E-state index contributed by atoms with van der Waals surface area (Å²) in [7, 11) is 1.66. The Balaban J connectivity index is 1.91. The molecule has 0 aliphatic rings. The quantitative estimate of drug-likeness (QED) is 0.556. The number of hydrogen-bond acceptors (Lipinski definition) is 3. The van der Waals surface area contributed by atoms with Gasteiger partial charge in [0, 0.05) is 45.7 Å². The van der Waals surface area contributed by atoms with Crippen LogP contribution in [-0.4, -0.2) is 46.4 Å². The number of hydrogen-bond donors (Lipinski definition) is 1. The van der Waals surface area contributed by atoms with Crippen molar-refractivity contribution in [2.24, 2.45) is 0 Å². The van der Waals surface area contributed by atoms with Crippen molar-refractivity contribution in [2.75, 3.05) is 26.8 Å². The molecule has 0 saturated heterocycles. The number of ether oxygens (including phenoxy) is 1. The molecule has 0 unspecified atom stereocenters. The first-order chi connectivity index (χ1) is 11.7. The second-order valence-electron chi connectivity index (χ2n) is 5.43. The lowest BCUT2D eigenvalue weighted by molar-refractivity contribution is 0.202. The van der Waals surface area contributed by atoms with Gasteiger partial charge in [0.05, 0.1) is 12.9 Å². The van der Waals surface area contributed by atoms with Crippen LogP contribution in [0.1, 0.15) is 12.0 Å². The van der Waals surface area contributed by atoms with Gasteiger partial charge in [-0.2, -0.15) is 0 Å². The van der Waals surface area contributed by atoms with E-state index in [2.05, 4.69) is 15.2 Å². The minimum Gasteiger partial charge on any atom is -0.383 e. The van der Waals surface area contributed by atoms with Crippen LogP contribution < -0.4 is 5.32 Å². The Morgan fingerprint density at radius 2 is 2.17 bits per heavy atom. The first kappa shape index (κ1) is 18.4. The second-order valence-corrected chi connectivity index (χ2v) is 5.81. The normalized spacial score (nSPS) is 10.6. The summed E-state index contributed by atoms with van der Waals surface area (Å²) in [5, 5.41) is 3.88. The molecule has 0 amide bonds. The Labute approximate surface area is 147 Å². The summed E-state index contributed by atoms with van der Waals surface area (Å²) in [6.07, 6.45) is 6.45. The SMILES string of the molecule is COCCNC(=S)N(CCCn1ccnc1)Cc1ccc(F)cc1. The fourth-order valence-electron chi connectivity index (χ4n) is 2.30. The summed E-state index contributed by atoms with van der Waals surface area (Å²) < 4.78 is 20.2. The van der Waals surface area contributed by atoms with Gasteiger partial charge in [0.1, 0.15) is 5.82 Å². The molecule has 0 bridgehead atoms. The number of nitrogens with zero attached hydrogens (tertiary/aromatic N) is 3. The average molecular weight is 350 g/mol. The number of aryl methyl sites for hydroxylation is 1. The summed E-state index contributed by atoms with van der Waals surface area (Å²) in [6, 6.07) is 6.52. The van der Waals surface area contributed by atoms with Crippen molar-refractivity contribution in [3.8, 4) is 0 Å². The predicted molar refractivity (Wildman–Crippen MR) is 96.1 cm³/mol. The molecule has 0 radical (unpaired) electrons. The van der Waals surface area contributed by atoms with E-state index in [1.807, 2.05) is 10.8 Å². The van der Waals surface area contributed by atoms with E-state index < -0.39 is 0 Å². The van der Waals surface area contributed by atoms with Crippen LogP contribution in [0.3, 0.4) is 0 Å². The van der Waals surface area contributed by atoms with Crippen LogP contribution in [0.25, 0.3) is 0 Å². The van der Waals surface area contributed by atoms with E-state index in [0.717, 1.165) is 25.1 Å². The molecule has 1 heterocycles. The van der Waals surface area contributed by atoms with Crippen LogP contribution in [0.5, 0.6) is 0 Å². The van der Waals surface area contributed by atoms with Crippen LogP contribution in [0, 0.1) is 5.82 Å². The van der Waals surface area contributed by atoms with Crippen LogP contribution in [0.4, 0.5) is 4.39 Å². The monoisotopic (exact) mass is 350 g/mol. The van der Waals surface area contributed by atoms with Crippen molar-refractivity contribution in [1.29, 1.82) is 0 Å². The molecule has 0 fully saturated rings. The predicted octanol–water partition coefficient (Wildman–Crippen LogP) is 2.44. The summed E-state index contributed by atoms with van der Waals surface area (Å²) in [6.45, 7) is 3.58. The first-order valence-electron chi connectivity index (χ1n) is 7.91. The lowest BCUT2D eigenvalue weighted by Crippen LogP contribution is -2.41. The minimum absolute atomic E-state index is 0.230. The number of methoxy groups -OCH3 is 1. The van der Waals surface area contributed by atoms with Crippen molar-refractivity contribution in [1.82, 2.24) is 19.8 Å². The Bertz CT molecular complexity index is 604. The van der Waals surface area contributed by atoms with Gasteiger partial charge >= 0.3 is 0 Å². The van der Waals surface area contributed by atoms with E-state index >= 15 is 0 Å². The zero-order valence-corrected chi connectivity index (χ0v) is 14.6. The maximum absolute atomic E-state index is 13.1. The average Bonchev–Trinajstić information content (AvgIpc) is 3.09. The fraction of sp³-hybridized carbons (Fsp3) is 0.412. The highest BCUT2D eigenvalue weighted by atomic mass is 32.1. The number of rotatable bonds is 9. The van der Waals surface area contributed by atoms with E-state index in [1.165, 1.54) is 12.1 Å². The molecule has 5 nitrogen and oxygen atoms in total. The summed E-state index contributed by atoms with van der Waals surface area (Å²) in [5.41, 5.74) is 1.02. The zero-order chi connectivity index (χ0) is 17.2. The topological polar surface area (TPSA) is 42.3 Å². The standard InChI is InChI=1S/C17H23FN4OS/c1-23-12-8-20-17(24)22(10-2-9-21-11-7-19-14-21)13-15-3-5-16(18)6-4-15/h3-7,11,14H,2,8-10,12-13H2,1H3,(H,20,24). The second kappa shape index (κ2) is 10.00. The Morgan fingerprint density at radius 3 is 2.83 bits per heavy atom. The van der Waals surface area contributed by atoms with Gasteiger partial charge in [-0.25, -0.2) is 9.37 Å². The molecule has 24 heavy (non-hydrogen) atoms. The molecule has 1 aromatic carbocycles. The lowest BCUT2D eigenvalue weighted by atomic mass is 10.2. The molecular formula is C17H23FN4OS. The highest BCUT2D eigenvalue weighted by Gasteiger charge is 2.10. The van der Waals surface area contributed by atoms with Crippen LogP contribution >= 0.6 is 12.2 Å². The number of imidazole rings is 1. The van der Waals surface area contributed by atoms with Gasteiger partial charge in [0.2, 0.25) is 0 Å². The van der Waals surface area contributed by atoms with E-state index in [-0.39, 0.29) is 5.82 Å². The summed E-state index contributed by atoms with van der Waals surface area (Å²) in [4.78, 5) is 6.14. The smallest absolute Gasteiger partial charge is 0.169 e. The molecule has 130 valence electrons. The zero-order valence-electron chi connectivity index (χ0n) is 13.8. The third-order valence-corrected chi connectivity index (χ3v) is 3.96. The molecule has 0 spiro atoms. The van der Waals surface area contributed by atoms with Gasteiger partial charge < -0.3 is 19.5 Å². The van der Waals surface area contributed by atoms with E-state index in [4.69, 9.17) is 17.0 Å². The number of benzene rings is 1. The van der Waals surface area contributed by atoms with Gasteiger partial charge in [0.25, 0.3) is 0 Å². The number of aromatic nitrogens is 2. The molecule has 0 saturated carbocycles. The van der Waals surface area contributed by atoms with Gasteiger partial charge in [-0.1, -0.05) is 12.1 Å². The number of halogens is 1. The maximum Gasteiger partial charge on any atom is 0.169 e. The van der Waals surface area contributed by atoms with E-state index in [9.17, 15) is 4.39 Å². The molecule has 1 aromatic heterocycles. The maximum atomic E-state index is 13.1. The molecule has 0 aliphatic carbocycles. The highest BCUT2D eigenvalue weighted by molar-refractivity contribution is 7.80. The van der Waals surface area contributed by atoms with Crippen molar-refractivity contribution in [3.05, 3.63) is 54.4 Å². The molecule has 1 N–H and O–H groups in total. The number of nitrogens with one attached hydrogen (secondary N) is 1. The van der Waals surface area contributed by atoms with E-state index in [1.54, 1.807) is 31.8 Å². The first-order valence-corrected chi connectivity index (χ1v) is 8.32. The van der Waals surface area contributed by atoms with Crippen LogP contribution in [0.2, 0.25) is 0 Å². The third-order valence-electron chi connectivity index (χ3n) is 3.56. The Morgan fingerprint density at radius 1 is 1.38 bits per heavy atom. The molecule has 0 aliphatic heterocycles. The van der Waals surface area contributed by atoms with Gasteiger partial charge in [-0.3, -0.25) is 0 Å². The minimum atomic E-state index is -0.230. The van der Waals surface area contributed by atoms with Crippen LogP contribution in [-0.2, 0) is 17.8 Å². The Hall–Kier alpha value is -1.99. The van der Waals surface area contributed by atoms with Crippen molar-refractivity contribution < 1.29 is 9.13 Å². The Kier molecular flexibility index (Phi) is 7.64. The van der Waals surface area contributed by atoms with Crippen molar-refractivity contribution >= 4 is 17.3 Å². The fourth-order valence-corrected chi connectivity index (χ4v) is 2.56. The summed E-state index contributed by atoms with van der Waals surface area (Å²) in [5.74, 6) is -0.230. The number of thiocarbonyl (C=S) groups is 1. The molecule has 2 rings (SSSR count). The molecular weight excluding hydrogens is 327 g/mol. The highest BCUT2D eigenvalue weighted by Crippen LogP contribution is 2.08. The molecule has 2 aromatic rings. The largest absolute Gasteiger partial charge is 0.383 e. The molecule has 7 heteroatoms. The van der Waals surface area contributed by atoms with Crippen LogP contribution in [0.15, 0.2) is 43.0 Å². The summed E-state index contributed by atoms with van der Waals surface area (Å²) >= 11 is 5.49.